The number of hydrogen-bond acceptors (Lipinski definition) is 4. The van der Waals surface area contributed by atoms with Gasteiger partial charge in [0.1, 0.15) is 0 Å². The molecule has 7 nitrogen and oxygen atoms in total. The Morgan fingerprint density at radius 2 is 1.69 bits per heavy atom. The van der Waals surface area contributed by atoms with Crippen LogP contribution in [0.5, 0.6) is 0 Å². The molecule has 0 N–H and O–H groups in total. The van der Waals surface area contributed by atoms with Gasteiger partial charge >= 0.3 is 0 Å². The van der Waals surface area contributed by atoms with E-state index in [-0.39, 0.29) is 5.91 Å². The molecule has 168 valence electrons. The third-order valence-corrected chi connectivity index (χ3v) is 7.67. The molecule has 1 fully saturated rings. The van der Waals surface area contributed by atoms with Gasteiger partial charge in [0.05, 0.1) is 16.8 Å². The minimum atomic E-state index is -3.40. The molecule has 1 amide bonds. The molecule has 1 saturated heterocycles. The summed E-state index contributed by atoms with van der Waals surface area (Å²) in [5.41, 5.74) is 2.88. The third-order valence-electron chi connectivity index (χ3n) is 5.76. The molecule has 0 spiro atoms. The van der Waals surface area contributed by atoms with Gasteiger partial charge in [0, 0.05) is 44.9 Å². The lowest BCUT2D eigenvalue weighted by atomic mass is 10.1. The van der Waals surface area contributed by atoms with Gasteiger partial charge in [0.25, 0.3) is 0 Å². The number of carbonyl (C=O) groups excluding carboxylic acids is 1. The molecule has 0 radical (unpaired) electrons. The van der Waals surface area contributed by atoms with Crippen molar-refractivity contribution in [2.24, 2.45) is 0 Å². The van der Waals surface area contributed by atoms with Crippen molar-refractivity contribution in [1.82, 2.24) is 19.0 Å². The highest BCUT2D eigenvalue weighted by Crippen LogP contribution is 2.21. The number of carbonyl (C=O) groups is 1. The highest BCUT2D eigenvalue weighted by molar-refractivity contribution is 7.89. The third kappa shape index (κ3) is 5.08. The van der Waals surface area contributed by atoms with E-state index in [2.05, 4.69) is 5.10 Å². The number of benzene rings is 2. The molecule has 8 heteroatoms. The van der Waals surface area contributed by atoms with Crippen molar-refractivity contribution in [2.75, 3.05) is 20.1 Å². The van der Waals surface area contributed by atoms with Crippen LogP contribution in [0.1, 0.15) is 30.4 Å². The second-order valence-corrected chi connectivity index (χ2v) is 10.1. The molecule has 3 aromatic rings. The lowest BCUT2D eigenvalue weighted by Crippen LogP contribution is -2.27. The standard InChI is InChI=1S/C24H28N4O3S/c1-26(18-21-17-25-28(19-21)22-7-3-2-4-8-22)24(29)14-11-20-9-12-23(13-10-20)32(30,31)27-15-5-6-16-27/h2-4,7-10,12-13,17,19H,5-6,11,14-16,18H2,1H3. The number of aromatic nitrogens is 2. The summed E-state index contributed by atoms with van der Waals surface area (Å²) >= 11 is 0. The van der Waals surface area contributed by atoms with Crippen LogP contribution in [0.25, 0.3) is 5.69 Å². The largest absolute Gasteiger partial charge is 0.341 e. The molecule has 2 aromatic carbocycles. The van der Waals surface area contributed by atoms with Crippen molar-refractivity contribution in [3.63, 3.8) is 0 Å². The van der Waals surface area contributed by atoms with Gasteiger partial charge in [-0.05, 0) is 49.1 Å². The average molecular weight is 453 g/mol. The van der Waals surface area contributed by atoms with Gasteiger partial charge in [-0.15, -0.1) is 0 Å². The zero-order valence-electron chi connectivity index (χ0n) is 18.2. The molecule has 0 saturated carbocycles. The van der Waals surface area contributed by atoms with E-state index >= 15 is 0 Å². The van der Waals surface area contributed by atoms with Crippen LogP contribution in [0, 0.1) is 0 Å². The SMILES string of the molecule is CN(Cc1cnn(-c2ccccc2)c1)C(=O)CCc1ccc(S(=O)(=O)N2CCCC2)cc1. The molecular weight excluding hydrogens is 424 g/mol. The van der Waals surface area contributed by atoms with Crippen LogP contribution in [-0.2, 0) is 27.8 Å². The van der Waals surface area contributed by atoms with Gasteiger partial charge in [-0.3, -0.25) is 4.79 Å². The van der Waals surface area contributed by atoms with E-state index in [1.165, 1.54) is 0 Å². The summed E-state index contributed by atoms with van der Waals surface area (Å²) in [5.74, 6) is 0.0335. The molecule has 1 aliphatic rings. The fraction of sp³-hybridized carbons (Fsp3) is 0.333. The highest BCUT2D eigenvalue weighted by Gasteiger charge is 2.26. The van der Waals surface area contributed by atoms with Crippen LogP contribution in [0.4, 0.5) is 0 Å². The molecular formula is C24H28N4O3S. The van der Waals surface area contributed by atoms with E-state index in [0.717, 1.165) is 29.7 Å². The fourth-order valence-electron chi connectivity index (χ4n) is 3.87. The predicted molar refractivity (Wildman–Crippen MR) is 123 cm³/mol. The van der Waals surface area contributed by atoms with Crippen molar-refractivity contribution in [3.05, 3.63) is 78.1 Å². The minimum Gasteiger partial charge on any atom is -0.341 e. The number of amides is 1. The van der Waals surface area contributed by atoms with Crippen LogP contribution in [-0.4, -0.2) is 53.4 Å². The van der Waals surface area contributed by atoms with Crippen molar-refractivity contribution in [2.45, 2.75) is 37.1 Å². The van der Waals surface area contributed by atoms with Gasteiger partial charge in [0.2, 0.25) is 15.9 Å². The summed E-state index contributed by atoms with van der Waals surface area (Å²) < 4.78 is 28.6. The van der Waals surface area contributed by atoms with Crippen molar-refractivity contribution >= 4 is 15.9 Å². The molecule has 1 aliphatic heterocycles. The smallest absolute Gasteiger partial charge is 0.243 e. The quantitative estimate of drug-likeness (QED) is 0.526. The maximum absolute atomic E-state index is 12.6. The second-order valence-electron chi connectivity index (χ2n) is 8.13. The second kappa shape index (κ2) is 9.67. The Bertz CT molecular complexity index is 1150. The first-order valence-electron chi connectivity index (χ1n) is 10.9. The molecule has 0 aliphatic carbocycles. The van der Waals surface area contributed by atoms with Crippen molar-refractivity contribution in [3.8, 4) is 5.69 Å². The Kier molecular flexibility index (Phi) is 6.72. The molecule has 0 atom stereocenters. The summed E-state index contributed by atoms with van der Waals surface area (Å²) in [6.45, 7) is 1.67. The first-order valence-corrected chi connectivity index (χ1v) is 12.3. The highest BCUT2D eigenvalue weighted by atomic mass is 32.2. The van der Waals surface area contributed by atoms with Crippen LogP contribution in [0.2, 0.25) is 0 Å². The fourth-order valence-corrected chi connectivity index (χ4v) is 5.39. The maximum atomic E-state index is 12.6. The van der Waals surface area contributed by atoms with E-state index < -0.39 is 10.0 Å². The minimum absolute atomic E-state index is 0.0335. The van der Waals surface area contributed by atoms with Gasteiger partial charge in [-0.25, -0.2) is 13.1 Å². The van der Waals surface area contributed by atoms with Gasteiger partial charge < -0.3 is 4.90 Å². The summed E-state index contributed by atoms with van der Waals surface area (Å²) in [7, 11) is -1.62. The van der Waals surface area contributed by atoms with E-state index in [1.807, 2.05) is 36.5 Å². The van der Waals surface area contributed by atoms with Crippen LogP contribution < -0.4 is 0 Å². The van der Waals surface area contributed by atoms with Gasteiger partial charge in [0.15, 0.2) is 0 Å². The summed E-state index contributed by atoms with van der Waals surface area (Å²) in [4.78, 5) is 14.6. The van der Waals surface area contributed by atoms with Crippen LogP contribution >= 0.6 is 0 Å². The topological polar surface area (TPSA) is 75.5 Å². The van der Waals surface area contributed by atoms with E-state index in [9.17, 15) is 13.2 Å². The van der Waals surface area contributed by atoms with Crippen LogP contribution in [0.15, 0.2) is 71.9 Å². The number of para-hydroxylation sites is 1. The number of aryl methyl sites for hydroxylation is 1. The normalized spacial score (nSPS) is 14.5. The summed E-state index contributed by atoms with van der Waals surface area (Å²) in [5, 5.41) is 4.38. The number of hydrogen-bond donors (Lipinski definition) is 0. The molecule has 32 heavy (non-hydrogen) atoms. The van der Waals surface area contributed by atoms with E-state index in [4.69, 9.17) is 0 Å². The summed E-state index contributed by atoms with van der Waals surface area (Å²) in [6.07, 6.45) is 6.47. The number of rotatable bonds is 8. The first kappa shape index (κ1) is 22.2. The van der Waals surface area contributed by atoms with E-state index in [1.54, 1.807) is 51.4 Å². The van der Waals surface area contributed by atoms with E-state index in [0.29, 0.717) is 37.4 Å². The Hall–Kier alpha value is -2.97. The lowest BCUT2D eigenvalue weighted by molar-refractivity contribution is -0.130. The zero-order valence-corrected chi connectivity index (χ0v) is 19.0. The Labute approximate surface area is 189 Å². The Morgan fingerprint density at radius 3 is 2.38 bits per heavy atom. The monoisotopic (exact) mass is 452 g/mol. The number of nitrogens with zero attached hydrogens (tertiary/aromatic N) is 4. The maximum Gasteiger partial charge on any atom is 0.243 e. The Balaban J connectivity index is 1.30. The molecule has 4 rings (SSSR count). The zero-order chi connectivity index (χ0) is 22.6. The number of sulfonamides is 1. The Morgan fingerprint density at radius 1 is 1.00 bits per heavy atom. The van der Waals surface area contributed by atoms with Gasteiger partial charge in [-0.1, -0.05) is 30.3 Å². The van der Waals surface area contributed by atoms with Crippen molar-refractivity contribution in [1.29, 1.82) is 0 Å². The first-order chi connectivity index (χ1) is 15.4. The van der Waals surface area contributed by atoms with Crippen molar-refractivity contribution < 1.29 is 13.2 Å². The average Bonchev–Trinajstić information content (AvgIpc) is 3.51. The van der Waals surface area contributed by atoms with Gasteiger partial charge in [-0.2, -0.15) is 9.40 Å². The molecule has 0 bridgehead atoms. The predicted octanol–water partition coefficient (Wildman–Crippen LogP) is 3.25. The summed E-state index contributed by atoms with van der Waals surface area (Å²) in [6, 6.07) is 16.7. The molecule has 0 unspecified atom stereocenters. The lowest BCUT2D eigenvalue weighted by Gasteiger charge is -2.17. The van der Waals surface area contributed by atoms with Crippen LogP contribution in [0.3, 0.4) is 0 Å². The molecule has 1 aromatic heterocycles. The molecule has 2 heterocycles.